The molecule has 0 aliphatic carbocycles. The Kier molecular flexibility index (Phi) is 3.33. The van der Waals surface area contributed by atoms with Crippen molar-refractivity contribution in [3.63, 3.8) is 0 Å². The molecule has 0 amide bonds. The number of halogens is 3. The predicted molar refractivity (Wildman–Crippen MR) is 63.8 cm³/mol. The van der Waals surface area contributed by atoms with Gasteiger partial charge in [0.15, 0.2) is 0 Å². The van der Waals surface area contributed by atoms with E-state index in [1.54, 1.807) is 18.2 Å². The molecule has 2 nitrogen and oxygen atoms in total. The number of hydrogen-bond acceptors (Lipinski definition) is 2. The molecule has 0 bridgehead atoms. The van der Waals surface area contributed by atoms with Crippen LogP contribution in [-0.2, 0) is 0 Å². The number of furan rings is 1. The molecule has 1 atom stereocenters. The first-order chi connectivity index (χ1) is 7.61. The van der Waals surface area contributed by atoms with Crippen molar-refractivity contribution in [2.75, 3.05) is 0 Å². The summed E-state index contributed by atoms with van der Waals surface area (Å²) >= 11 is 9.14. The molecule has 5 heteroatoms. The van der Waals surface area contributed by atoms with Gasteiger partial charge >= 0.3 is 0 Å². The molecule has 2 aromatic rings. The van der Waals surface area contributed by atoms with Crippen LogP contribution in [0, 0.1) is 5.82 Å². The quantitative estimate of drug-likeness (QED) is 0.914. The Bertz CT molecular complexity index is 514. The van der Waals surface area contributed by atoms with Crippen LogP contribution in [0.5, 0.6) is 0 Å². The van der Waals surface area contributed by atoms with Crippen LogP contribution in [0.4, 0.5) is 4.39 Å². The summed E-state index contributed by atoms with van der Waals surface area (Å²) in [5.74, 6) is 0.0322. The summed E-state index contributed by atoms with van der Waals surface area (Å²) in [7, 11) is 0. The lowest BCUT2D eigenvalue weighted by Gasteiger charge is -2.12. The molecular formula is C11H8BrClFNO. The van der Waals surface area contributed by atoms with Crippen LogP contribution in [0.3, 0.4) is 0 Å². The lowest BCUT2D eigenvalue weighted by molar-refractivity contribution is 0.486. The summed E-state index contributed by atoms with van der Waals surface area (Å²) < 4.78 is 19.2. The van der Waals surface area contributed by atoms with Gasteiger partial charge in [-0.05, 0) is 33.6 Å². The molecule has 84 valence electrons. The Balaban J connectivity index is 2.46. The Morgan fingerprint density at radius 1 is 1.38 bits per heavy atom. The molecular weight excluding hydrogens is 296 g/mol. The van der Waals surface area contributed by atoms with Crippen LogP contribution in [0.1, 0.15) is 17.4 Å². The molecule has 1 aromatic heterocycles. The van der Waals surface area contributed by atoms with E-state index in [0.29, 0.717) is 11.3 Å². The fourth-order valence-corrected chi connectivity index (χ4v) is 2.12. The normalized spacial score (nSPS) is 12.8. The molecule has 2 rings (SSSR count). The maximum absolute atomic E-state index is 13.3. The van der Waals surface area contributed by atoms with E-state index < -0.39 is 11.9 Å². The Labute approximate surface area is 105 Å². The van der Waals surface area contributed by atoms with Gasteiger partial charge in [0.1, 0.15) is 11.6 Å². The smallest absolute Gasteiger partial charge is 0.142 e. The van der Waals surface area contributed by atoms with Crippen molar-refractivity contribution in [3.8, 4) is 0 Å². The van der Waals surface area contributed by atoms with Crippen molar-refractivity contribution in [1.29, 1.82) is 0 Å². The van der Waals surface area contributed by atoms with E-state index in [1.165, 1.54) is 12.3 Å². The van der Waals surface area contributed by atoms with Gasteiger partial charge in [-0.3, -0.25) is 0 Å². The van der Waals surface area contributed by atoms with Crippen LogP contribution in [0.15, 0.2) is 39.4 Å². The predicted octanol–water partition coefficient (Wildman–Crippen LogP) is 3.88. The van der Waals surface area contributed by atoms with Gasteiger partial charge in [0.2, 0.25) is 0 Å². The van der Waals surface area contributed by atoms with Crippen LogP contribution in [0.25, 0.3) is 0 Å². The molecule has 0 aliphatic rings. The highest BCUT2D eigenvalue weighted by Crippen LogP contribution is 2.32. The van der Waals surface area contributed by atoms with E-state index in [-0.39, 0.29) is 5.02 Å². The minimum atomic E-state index is -0.590. The first kappa shape index (κ1) is 11.6. The summed E-state index contributed by atoms with van der Waals surface area (Å²) in [6.07, 6.45) is 1.51. The molecule has 0 fully saturated rings. The number of rotatable bonds is 2. The largest absolute Gasteiger partial charge is 0.466 e. The zero-order valence-electron chi connectivity index (χ0n) is 8.08. The third kappa shape index (κ3) is 2.00. The van der Waals surface area contributed by atoms with Gasteiger partial charge in [-0.1, -0.05) is 23.7 Å². The van der Waals surface area contributed by atoms with Gasteiger partial charge in [-0.15, -0.1) is 0 Å². The van der Waals surface area contributed by atoms with Gasteiger partial charge in [0.05, 0.1) is 21.8 Å². The second kappa shape index (κ2) is 4.57. The highest BCUT2D eigenvalue weighted by molar-refractivity contribution is 9.10. The minimum Gasteiger partial charge on any atom is -0.466 e. The van der Waals surface area contributed by atoms with Crippen molar-refractivity contribution >= 4 is 27.5 Å². The standard InChI is InChI=1S/C11H8BrClFNO/c12-7-4-5-16-11(7)10(15)6-2-1-3-8(14)9(6)13/h1-5,10H,15H2. The van der Waals surface area contributed by atoms with Gasteiger partial charge in [-0.25, -0.2) is 4.39 Å². The number of benzene rings is 1. The molecule has 1 unspecified atom stereocenters. The highest BCUT2D eigenvalue weighted by Gasteiger charge is 2.19. The average Bonchev–Trinajstić information content (AvgIpc) is 2.68. The van der Waals surface area contributed by atoms with E-state index in [4.69, 9.17) is 21.8 Å². The average molecular weight is 305 g/mol. The van der Waals surface area contributed by atoms with Crippen LogP contribution in [-0.4, -0.2) is 0 Å². The minimum absolute atomic E-state index is 0.0262. The fourth-order valence-electron chi connectivity index (χ4n) is 1.43. The molecule has 0 saturated heterocycles. The molecule has 16 heavy (non-hydrogen) atoms. The molecule has 1 heterocycles. The third-order valence-electron chi connectivity index (χ3n) is 2.24. The summed E-state index contributed by atoms with van der Waals surface area (Å²) in [6.45, 7) is 0. The summed E-state index contributed by atoms with van der Waals surface area (Å²) in [5.41, 5.74) is 6.45. The van der Waals surface area contributed by atoms with Gasteiger partial charge in [-0.2, -0.15) is 0 Å². The Morgan fingerprint density at radius 3 is 2.75 bits per heavy atom. The summed E-state index contributed by atoms with van der Waals surface area (Å²) in [6, 6.07) is 5.66. The maximum atomic E-state index is 13.3. The zero-order chi connectivity index (χ0) is 11.7. The molecule has 2 N–H and O–H groups in total. The van der Waals surface area contributed by atoms with Crippen molar-refractivity contribution in [2.24, 2.45) is 5.73 Å². The fraction of sp³-hybridized carbons (Fsp3) is 0.0909. The number of nitrogens with two attached hydrogens (primary N) is 1. The zero-order valence-corrected chi connectivity index (χ0v) is 10.4. The van der Waals surface area contributed by atoms with E-state index in [0.717, 1.165) is 4.47 Å². The van der Waals surface area contributed by atoms with Crippen LogP contribution >= 0.6 is 27.5 Å². The van der Waals surface area contributed by atoms with Crippen molar-refractivity contribution in [1.82, 2.24) is 0 Å². The van der Waals surface area contributed by atoms with E-state index >= 15 is 0 Å². The van der Waals surface area contributed by atoms with Crippen molar-refractivity contribution < 1.29 is 8.81 Å². The van der Waals surface area contributed by atoms with E-state index in [9.17, 15) is 4.39 Å². The van der Waals surface area contributed by atoms with Crippen LogP contribution in [0.2, 0.25) is 5.02 Å². The SMILES string of the molecule is NC(c1cccc(F)c1Cl)c1occc1Br. The topological polar surface area (TPSA) is 39.2 Å². The monoisotopic (exact) mass is 303 g/mol. The Hall–Kier alpha value is -0.840. The summed E-state index contributed by atoms with van der Waals surface area (Å²) in [4.78, 5) is 0. The first-order valence-electron chi connectivity index (χ1n) is 4.53. The van der Waals surface area contributed by atoms with Gasteiger partial charge < -0.3 is 10.2 Å². The van der Waals surface area contributed by atoms with Crippen LogP contribution < -0.4 is 5.73 Å². The van der Waals surface area contributed by atoms with Crippen molar-refractivity contribution in [3.05, 3.63) is 57.2 Å². The van der Waals surface area contributed by atoms with E-state index in [1.807, 2.05) is 0 Å². The van der Waals surface area contributed by atoms with Crippen molar-refractivity contribution in [2.45, 2.75) is 6.04 Å². The first-order valence-corrected chi connectivity index (χ1v) is 5.70. The molecule has 0 spiro atoms. The molecule has 0 saturated carbocycles. The third-order valence-corrected chi connectivity index (χ3v) is 3.30. The van der Waals surface area contributed by atoms with Gasteiger partial charge in [0.25, 0.3) is 0 Å². The highest BCUT2D eigenvalue weighted by atomic mass is 79.9. The van der Waals surface area contributed by atoms with E-state index in [2.05, 4.69) is 15.9 Å². The lowest BCUT2D eigenvalue weighted by Crippen LogP contribution is -2.12. The molecule has 0 aliphatic heterocycles. The summed E-state index contributed by atoms with van der Waals surface area (Å²) in [5, 5.41) is 0.0262. The second-order valence-electron chi connectivity index (χ2n) is 3.25. The molecule has 1 aromatic carbocycles. The second-order valence-corrected chi connectivity index (χ2v) is 4.49. The molecule has 0 radical (unpaired) electrons. The maximum Gasteiger partial charge on any atom is 0.142 e. The lowest BCUT2D eigenvalue weighted by atomic mass is 10.1. The Morgan fingerprint density at radius 2 is 2.12 bits per heavy atom. The number of hydrogen-bond donors (Lipinski definition) is 1. The van der Waals surface area contributed by atoms with Gasteiger partial charge in [0, 0.05) is 0 Å².